The number of amides is 2. The number of nitrogens with zero attached hydrogens (tertiary/aromatic N) is 1. The summed E-state index contributed by atoms with van der Waals surface area (Å²) in [6.45, 7) is 0.620. The Morgan fingerprint density at radius 3 is 2.50 bits per heavy atom. The number of rotatable bonds is 6. The summed E-state index contributed by atoms with van der Waals surface area (Å²) in [4.78, 5) is 30.4. The van der Waals surface area contributed by atoms with Gasteiger partial charge in [-0.3, -0.25) is 4.79 Å². The van der Waals surface area contributed by atoms with Crippen molar-refractivity contribution in [3.63, 3.8) is 0 Å². The number of carbonyl (C=O) groups excluding carboxylic acids is 1. The molecular formula is C26H22FN3O4. The van der Waals surface area contributed by atoms with E-state index in [1.165, 1.54) is 24.3 Å². The number of aromatic amines is 1. The van der Waals surface area contributed by atoms with Gasteiger partial charge in [0.1, 0.15) is 5.82 Å². The van der Waals surface area contributed by atoms with Crippen molar-refractivity contribution in [3.05, 3.63) is 100 Å². The van der Waals surface area contributed by atoms with Crippen LogP contribution in [0.5, 0.6) is 11.5 Å². The van der Waals surface area contributed by atoms with Crippen LogP contribution in [0, 0.1) is 5.82 Å². The van der Waals surface area contributed by atoms with E-state index < -0.39 is 0 Å². The predicted octanol–water partition coefficient (Wildman–Crippen LogP) is 4.67. The minimum Gasteiger partial charge on any atom is -0.454 e. The van der Waals surface area contributed by atoms with E-state index in [2.05, 4.69) is 10.3 Å². The summed E-state index contributed by atoms with van der Waals surface area (Å²) in [6, 6.07) is 20.3. The van der Waals surface area contributed by atoms with E-state index in [1.54, 1.807) is 17.0 Å². The van der Waals surface area contributed by atoms with Gasteiger partial charge >= 0.3 is 6.03 Å². The molecule has 2 N–H and O–H groups in total. The lowest BCUT2D eigenvalue weighted by atomic mass is 10.1. The summed E-state index contributed by atoms with van der Waals surface area (Å²) in [7, 11) is 0. The van der Waals surface area contributed by atoms with Gasteiger partial charge in [-0.1, -0.05) is 30.3 Å². The van der Waals surface area contributed by atoms with Crippen molar-refractivity contribution in [1.82, 2.24) is 9.88 Å². The third-order valence-electron chi connectivity index (χ3n) is 5.67. The SMILES string of the molecule is O=C(Nc1ccc(F)cc1)N(CCc1ccccc1)Cc1cc2cc3c(cc2[nH]c1=O)OCO3. The van der Waals surface area contributed by atoms with Crippen LogP contribution < -0.4 is 20.3 Å². The number of pyridine rings is 1. The topological polar surface area (TPSA) is 83.7 Å². The first-order chi connectivity index (χ1) is 16.5. The zero-order valence-corrected chi connectivity index (χ0v) is 18.2. The number of hydrogen-bond donors (Lipinski definition) is 2. The van der Waals surface area contributed by atoms with Crippen molar-refractivity contribution < 1.29 is 18.7 Å². The molecule has 0 aliphatic carbocycles. The minimum atomic E-state index is -0.387. The molecule has 5 rings (SSSR count). The Morgan fingerprint density at radius 1 is 1.00 bits per heavy atom. The molecule has 0 unspecified atom stereocenters. The Hall–Kier alpha value is -4.33. The van der Waals surface area contributed by atoms with Crippen LogP contribution in [0.25, 0.3) is 10.9 Å². The second-order valence-corrected chi connectivity index (χ2v) is 8.01. The molecule has 3 aromatic carbocycles. The molecule has 0 atom stereocenters. The van der Waals surface area contributed by atoms with Crippen LogP contribution in [0.2, 0.25) is 0 Å². The van der Waals surface area contributed by atoms with E-state index in [1.807, 2.05) is 36.4 Å². The highest BCUT2D eigenvalue weighted by Gasteiger charge is 2.19. The van der Waals surface area contributed by atoms with Crippen LogP contribution in [0.4, 0.5) is 14.9 Å². The fourth-order valence-electron chi connectivity index (χ4n) is 3.86. The number of anilines is 1. The van der Waals surface area contributed by atoms with Crippen molar-refractivity contribution >= 4 is 22.6 Å². The van der Waals surface area contributed by atoms with Gasteiger partial charge in [0.05, 0.1) is 12.1 Å². The molecule has 0 bridgehead atoms. The van der Waals surface area contributed by atoms with E-state index in [9.17, 15) is 14.0 Å². The molecule has 0 radical (unpaired) electrons. The van der Waals surface area contributed by atoms with Crippen molar-refractivity contribution in [1.29, 1.82) is 0 Å². The zero-order valence-electron chi connectivity index (χ0n) is 18.2. The van der Waals surface area contributed by atoms with E-state index in [-0.39, 0.29) is 30.7 Å². The molecule has 1 aromatic heterocycles. The largest absolute Gasteiger partial charge is 0.454 e. The number of nitrogens with one attached hydrogen (secondary N) is 2. The first-order valence-corrected chi connectivity index (χ1v) is 10.9. The zero-order chi connectivity index (χ0) is 23.5. The van der Waals surface area contributed by atoms with E-state index in [0.29, 0.717) is 41.2 Å². The van der Waals surface area contributed by atoms with Gasteiger partial charge in [-0.2, -0.15) is 0 Å². The third kappa shape index (κ3) is 4.71. The molecule has 0 saturated heterocycles. The third-order valence-corrected chi connectivity index (χ3v) is 5.67. The molecule has 2 amide bonds. The summed E-state index contributed by atoms with van der Waals surface area (Å²) in [5.41, 5.74) is 2.32. The molecule has 7 nitrogen and oxygen atoms in total. The number of H-pyrrole nitrogens is 1. The number of urea groups is 1. The summed E-state index contributed by atoms with van der Waals surface area (Å²) in [5, 5.41) is 3.57. The Morgan fingerprint density at radius 2 is 1.74 bits per heavy atom. The Bertz CT molecular complexity index is 1390. The molecule has 1 aliphatic heterocycles. The molecule has 172 valence electrons. The second-order valence-electron chi connectivity index (χ2n) is 8.01. The fraction of sp³-hybridized carbons (Fsp3) is 0.154. The lowest BCUT2D eigenvalue weighted by Crippen LogP contribution is -2.37. The molecule has 0 saturated carbocycles. The summed E-state index contributed by atoms with van der Waals surface area (Å²) >= 11 is 0. The maximum Gasteiger partial charge on any atom is 0.322 e. The highest BCUT2D eigenvalue weighted by Crippen LogP contribution is 2.35. The van der Waals surface area contributed by atoms with Gasteiger partial charge in [0.2, 0.25) is 6.79 Å². The van der Waals surface area contributed by atoms with Crippen LogP contribution in [0.3, 0.4) is 0 Å². The minimum absolute atomic E-state index is 0.0968. The van der Waals surface area contributed by atoms with Crippen molar-refractivity contribution in [2.75, 3.05) is 18.7 Å². The smallest absolute Gasteiger partial charge is 0.322 e. The van der Waals surface area contributed by atoms with Crippen molar-refractivity contribution in [3.8, 4) is 11.5 Å². The van der Waals surface area contributed by atoms with Gasteiger partial charge in [-0.05, 0) is 48.4 Å². The molecule has 8 heteroatoms. The maximum absolute atomic E-state index is 13.3. The number of aromatic nitrogens is 1. The number of fused-ring (bicyclic) bond motifs is 2. The molecule has 0 fully saturated rings. The monoisotopic (exact) mass is 459 g/mol. The quantitative estimate of drug-likeness (QED) is 0.439. The molecule has 0 spiro atoms. The Labute approximate surface area is 194 Å². The van der Waals surface area contributed by atoms with Crippen LogP contribution >= 0.6 is 0 Å². The summed E-state index contributed by atoms with van der Waals surface area (Å²) in [6.07, 6.45) is 0.613. The molecule has 4 aromatic rings. The van der Waals surface area contributed by atoms with E-state index in [0.717, 1.165) is 10.9 Å². The number of halogens is 1. The first-order valence-electron chi connectivity index (χ1n) is 10.9. The molecule has 2 heterocycles. The van der Waals surface area contributed by atoms with E-state index in [4.69, 9.17) is 9.47 Å². The second kappa shape index (κ2) is 9.27. The van der Waals surface area contributed by atoms with Crippen molar-refractivity contribution in [2.45, 2.75) is 13.0 Å². The van der Waals surface area contributed by atoms with Crippen LogP contribution in [-0.4, -0.2) is 29.3 Å². The van der Waals surface area contributed by atoms with Gasteiger partial charge in [0, 0.05) is 29.2 Å². The van der Waals surface area contributed by atoms with Gasteiger partial charge in [-0.15, -0.1) is 0 Å². The van der Waals surface area contributed by atoms with Crippen molar-refractivity contribution in [2.24, 2.45) is 0 Å². The number of ether oxygens (including phenoxy) is 2. The average Bonchev–Trinajstić information content (AvgIpc) is 3.30. The lowest BCUT2D eigenvalue weighted by molar-refractivity contribution is 0.174. The van der Waals surface area contributed by atoms with Crippen LogP contribution in [0.1, 0.15) is 11.1 Å². The van der Waals surface area contributed by atoms with E-state index >= 15 is 0 Å². The van der Waals surface area contributed by atoms with Gasteiger partial charge in [0.15, 0.2) is 11.5 Å². The Kier molecular flexibility index (Phi) is 5.86. The molecular weight excluding hydrogens is 437 g/mol. The Balaban J connectivity index is 1.41. The number of benzene rings is 3. The van der Waals surface area contributed by atoms with Gasteiger partial charge in [0.25, 0.3) is 5.56 Å². The van der Waals surface area contributed by atoms with Gasteiger partial charge < -0.3 is 24.7 Å². The van der Waals surface area contributed by atoms with Crippen LogP contribution in [0.15, 0.2) is 77.6 Å². The predicted molar refractivity (Wildman–Crippen MR) is 127 cm³/mol. The normalized spacial score (nSPS) is 12.0. The summed E-state index contributed by atoms with van der Waals surface area (Å²) in [5.74, 6) is 0.807. The van der Waals surface area contributed by atoms with Gasteiger partial charge in [-0.25, -0.2) is 9.18 Å². The maximum atomic E-state index is 13.3. The first kappa shape index (κ1) is 21.5. The number of hydrogen-bond acceptors (Lipinski definition) is 4. The summed E-state index contributed by atoms with van der Waals surface area (Å²) < 4.78 is 24.1. The molecule has 1 aliphatic rings. The average molecular weight is 459 g/mol. The highest BCUT2D eigenvalue weighted by molar-refractivity contribution is 5.89. The highest BCUT2D eigenvalue weighted by atomic mass is 19.1. The number of carbonyl (C=O) groups is 1. The fourth-order valence-corrected chi connectivity index (χ4v) is 3.86. The lowest BCUT2D eigenvalue weighted by Gasteiger charge is -2.23. The molecule has 34 heavy (non-hydrogen) atoms. The standard InChI is InChI=1S/C26H22FN3O4/c27-20-6-8-21(9-7-20)28-26(32)30(11-10-17-4-2-1-3-5-17)15-19-12-18-13-23-24(34-16-33-23)14-22(18)29-25(19)31/h1-9,12-14H,10-11,15-16H2,(H,28,32)(H,29,31). The van der Waals surface area contributed by atoms with Crippen LogP contribution in [-0.2, 0) is 13.0 Å².